The van der Waals surface area contributed by atoms with Gasteiger partial charge in [0.25, 0.3) is 0 Å². The summed E-state index contributed by atoms with van der Waals surface area (Å²) in [7, 11) is 0. The molecule has 2 aliphatic rings. The first-order valence-corrected chi connectivity index (χ1v) is 13.2. The fourth-order valence-electron chi connectivity index (χ4n) is 5.61. The van der Waals surface area contributed by atoms with Crippen LogP contribution >= 0.6 is 11.6 Å². The number of rotatable bonds is 7. The van der Waals surface area contributed by atoms with E-state index in [1.165, 1.54) is 6.08 Å². The van der Waals surface area contributed by atoms with E-state index >= 15 is 0 Å². The van der Waals surface area contributed by atoms with Crippen molar-refractivity contribution in [3.8, 4) is 11.3 Å². The van der Waals surface area contributed by atoms with Crippen molar-refractivity contribution in [2.45, 2.75) is 51.0 Å². The zero-order valence-corrected chi connectivity index (χ0v) is 21.1. The Morgan fingerprint density at radius 3 is 2.81 bits per heavy atom. The number of aromatic nitrogens is 3. The molecule has 1 aliphatic carbocycles. The van der Waals surface area contributed by atoms with E-state index in [1.807, 2.05) is 24.4 Å². The van der Waals surface area contributed by atoms with Gasteiger partial charge in [0.05, 0.1) is 16.9 Å². The van der Waals surface area contributed by atoms with Crippen molar-refractivity contribution in [2.75, 3.05) is 18.4 Å². The molecule has 36 heavy (non-hydrogen) atoms. The lowest BCUT2D eigenvalue weighted by Crippen LogP contribution is -2.42. The fraction of sp³-hybridized carbons (Fsp3) is 0.429. The average Bonchev–Trinajstić information content (AvgIpc) is 3.34. The summed E-state index contributed by atoms with van der Waals surface area (Å²) < 4.78 is 0. The molecule has 1 aromatic carbocycles. The smallest absolute Gasteiger partial charge is 0.245 e. The van der Waals surface area contributed by atoms with Crippen molar-refractivity contribution in [3.05, 3.63) is 54.3 Å². The van der Waals surface area contributed by atoms with Crippen molar-refractivity contribution in [1.29, 1.82) is 0 Å². The number of nitrogens with zero attached hydrogens (tertiary/aromatic N) is 3. The number of nitrogens with one attached hydrogen (secondary N) is 2. The Balaban J connectivity index is 1.16. The first kappa shape index (κ1) is 24.5. The van der Waals surface area contributed by atoms with Crippen LogP contribution in [0.5, 0.6) is 0 Å². The predicted octanol–water partition coefficient (Wildman–Crippen LogP) is 5.63. The van der Waals surface area contributed by atoms with Crippen LogP contribution in [0.2, 0.25) is 5.02 Å². The monoisotopic (exact) mass is 505 g/mol. The zero-order chi connectivity index (χ0) is 25.1. The minimum Gasteiger partial charge on any atom is -0.360 e. The Morgan fingerprint density at radius 1 is 1.19 bits per heavy atom. The SMILES string of the molecule is C=CC(=O)N1CCCC(C(=O)CC2CCC(Nc3ncc(Cl)c(-c4c[nH]c5ccccc45)n3)CC2)C1. The molecule has 0 radical (unpaired) electrons. The van der Waals surface area contributed by atoms with E-state index in [2.05, 4.69) is 27.9 Å². The molecule has 1 amide bonds. The van der Waals surface area contributed by atoms with Gasteiger partial charge in [0.2, 0.25) is 11.9 Å². The van der Waals surface area contributed by atoms with Gasteiger partial charge in [0.15, 0.2) is 0 Å². The number of anilines is 1. The van der Waals surface area contributed by atoms with Gasteiger partial charge in [-0.15, -0.1) is 0 Å². The van der Waals surface area contributed by atoms with Gasteiger partial charge in [-0.25, -0.2) is 9.97 Å². The Bertz CT molecular complexity index is 1260. The maximum atomic E-state index is 13.0. The highest BCUT2D eigenvalue weighted by Gasteiger charge is 2.30. The van der Waals surface area contributed by atoms with Crippen LogP contribution in [0.3, 0.4) is 0 Å². The number of amides is 1. The van der Waals surface area contributed by atoms with Crippen LogP contribution < -0.4 is 5.32 Å². The summed E-state index contributed by atoms with van der Waals surface area (Å²) in [6.07, 6.45) is 11.2. The standard InChI is InChI=1S/C28H32ClN5O2/c1-2-26(36)34-13-5-6-19(17-34)25(35)14-18-9-11-20(12-10-18)32-28-31-16-23(29)27(33-28)22-15-30-24-8-4-3-7-21(22)24/h2-4,7-8,15-16,18-20,30H,1,5-6,9-14,17H2,(H,31,32,33). The topological polar surface area (TPSA) is 91.0 Å². The first-order chi connectivity index (χ1) is 17.5. The van der Waals surface area contributed by atoms with Crippen molar-refractivity contribution in [3.63, 3.8) is 0 Å². The highest BCUT2D eigenvalue weighted by molar-refractivity contribution is 6.33. The number of halogens is 1. The van der Waals surface area contributed by atoms with E-state index in [0.717, 1.165) is 61.5 Å². The number of carbonyl (C=O) groups excluding carboxylic acids is 2. The number of piperidine rings is 1. The number of Topliss-reactive ketones (excluding diaryl/α,β-unsaturated/α-hetero) is 1. The van der Waals surface area contributed by atoms with Crippen LogP contribution in [0.1, 0.15) is 44.9 Å². The van der Waals surface area contributed by atoms with Crippen molar-refractivity contribution < 1.29 is 9.59 Å². The van der Waals surface area contributed by atoms with Crippen LogP contribution in [0.25, 0.3) is 22.2 Å². The quantitative estimate of drug-likeness (QED) is 0.406. The number of fused-ring (bicyclic) bond motifs is 1. The molecule has 8 heteroatoms. The Hall–Kier alpha value is -3.19. The van der Waals surface area contributed by atoms with Gasteiger partial charge in [-0.3, -0.25) is 9.59 Å². The Labute approximate surface area is 216 Å². The number of hydrogen-bond acceptors (Lipinski definition) is 5. The van der Waals surface area contributed by atoms with Crippen LogP contribution in [0.15, 0.2) is 49.3 Å². The number of hydrogen-bond donors (Lipinski definition) is 2. The van der Waals surface area contributed by atoms with Gasteiger partial charge in [-0.2, -0.15) is 0 Å². The van der Waals surface area contributed by atoms with E-state index in [4.69, 9.17) is 16.6 Å². The summed E-state index contributed by atoms with van der Waals surface area (Å²) in [6, 6.07) is 8.35. The summed E-state index contributed by atoms with van der Waals surface area (Å²) in [5, 5.41) is 5.08. The minimum atomic E-state index is -0.0728. The summed E-state index contributed by atoms with van der Waals surface area (Å²) >= 11 is 6.47. The molecule has 2 aromatic heterocycles. The molecule has 3 aromatic rings. The molecule has 1 saturated heterocycles. The lowest BCUT2D eigenvalue weighted by Gasteiger charge is -2.33. The molecule has 2 N–H and O–H groups in total. The Morgan fingerprint density at radius 2 is 2.00 bits per heavy atom. The second-order valence-electron chi connectivity index (χ2n) is 10.00. The Kier molecular flexibility index (Phi) is 7.37. The number of likely N-dealkylation sites (tertiary alicyclic amines) is 1. The van der Waals surface area contributed by atoms with E-state index in [9.17, 15) is 9.59 Å². The number of benzene rings is 1. The summed E-state index contributed by atoms with van der Waals surface area (Å²) in [5.41, 5.74) is 2.71. The number of H-pyrrole nitrogens is 1. The summed E-state index contributed by atoms with van der Waals surface area (Å²) in [5.74, 6) is 1.17. The van der Waals surface area contributed by atoms with Gasteiger partial charge in [-0.1, -0.05) is 36.4 Å². The van der Waals surface area contributed by atoms with E-state index in [-0.39, 0.29) is 17.9 Å². The van der Waals surface area contributed by atoms with E-state index < -0.39 is 0 Å². The van der Waals surface area contributed by atoms with Crippen LogP contribution in [0, 0.1) is 11.8 Å². The molecule has 0 spiro atoms. The molecule has 1 aliphatic heterocycles. The molecule has 0 bridgehead atoms. The summed E-state index contributed by atoms with van der Waals surface area (Å²) in [6.45, 7) is 4.83. The molecule has 2 fully saturated rings. The van der Waals surface area contributed by atoms with Crippen LogP contribution in [-0.4, -0.2) is 50.7 Å². The first-order valence-electron chi connectivity index (χ1n) is 12.8. The second-order valence-corrected chi connectivity index (χ2v) is 10.4. The molecule has 1 unspecified atom stereocenters. The van der Waals surface area contributed by atoms with E-state index in [1.54, 1.807) is 11.1 Å². The normalized spacial score (nSPS) is 22.4. The number of para-hydroxylation sites is 1. The third kappa shape index (κ3) is 5.31. The fourth-order valence-corrected chi connectivity index (χ4v) is 5.80. The van der Waals surface area contributed by atoms with Crippen molar-refractivity contribution in [1.82, 2.24) is 19.9 Å². The molecular formula is C28H32ClN5O2. The van der Waals surface area contributed by atoms with Gasteiger partial charge >= 0.3 is 0 Å². The molecule has 1 saturated carbocycles. The molecular weight excluding hydrogens is 474 g/mol. The minimum absolute atomic E-state index is 0.0381. The van der Waals surface area contributed by atoms with E-state index in [0.29, 0.717) is 41.3 Å². The van der Waals surface area contributed by atoms with Gasteiger partial charge < -0.3 is 15.2 Å². The molecule has 5 rings (SSSR count). The largest absolute Gasteiger partial charge is 0.360 e. The molecule has 188 valence electrons. The lowest BCUT2D eigenvalue weighted by molar-refractivity contribution is -0.131. The van der Waals surface area contributed by atoms with Gasteiger partial charge in [-0.05, 0) is 56.6 Å². The number of ketones is 1. The average molecular weight is 506 g/mol. The highest BCUT2D eigenvalue weighted by Crippen LogP contribution is 2.34. The third-order valence-electron chi connectivity index (χ3n) is 7.62. The van der Waals surface area contributed by atoms with Crippen LogP contribution in [0.4, 0.5) is 5.95 Å². The van der Waals surface area contributed by atoms with Crippen molar-refractivity contribution >= 4 is 40.1 Å². The third-order valence-corrected chi connectivity index (χ3v) is 7.90. The molecule has 3 heterocycles. The summed E-state index contributed by atoms with van der Waals surface area (Å²) in [4.78, 5) is 39.1. The zero-order valence-electron chi connectivity index (χ0n) is 20.4. The molecule has 1 atom stereocenters. The van der Waals surface area contributed by atoms with Gasteiger partial charge in [0.1, 0.15) is 5.78 Å². The predicted molar refractivity (Wildman–Crippen MR) is 143 cm³/mol. The number of aromatic amines is 1. The number of carbonyl (C=O) groups is 2. The highest BCUT2D eigenvalue weighted by atomic mass is 35.5. The lowest BCUT2D eigenvalue weighted by atomic mass is 9.80. The maximum absolute atomic E-state index is 13.0. The maximum Gasteiger partial charge on any atom is 0.245 e. The second kappa shape index (κ2) is 10.8. The van der Waals surface area contributed by atoms with Crippen LogP contribution in [-0.2, 0) is 9.59 Å². The van der Waals surface area contributed by atoms with Gasteiger partial charge in [0, 0.05) is 54.1 Å². The van der Waals surface area contributed by atoms with Crippen molar-refractivity contribution in [2.24, 2.45) is 11.8 Å². The molecule has 7 nitrogen and oxygen atoms in total.